The van der Waals surface area contributed by atoms with Crippen molar-refractivity contribution in [2.45, 2.75) is 19.4 Å². The highest BCUT2D eigenvalue weighted by atomic mass is 16.2. The van der Waals surface area contributed by atoms with E-state index in [0.717, 1.165) is 43.4 Å². The summed E-state index contributed by atoms with van der Waals surface area (Å²) in [5, 5.41) is 14.7. The fourth-order valence-electron chi connectivity index (χ4n) is 4.36. The van der Waals surface area contributed by atoms with Crippen LogP contribution in [0.4, 0.5) is 0 Å². The Hall–Kier alpha value is -3.37. The van der Waals surface area contributed by atoms with Crippen molar-refractivity contribution in [3.63, 3.8) is 0 Å². The summed E-state index contributed by atoms with van der Waals surface area (Å²) in [4.78, 5) is 18.1. The summed E-state index contributed by atoms with van der Waals surface area (Å²) >= 11 is 0. The molecule has 1 fully saturated rings. The first-order valence-electron chi connectivity index (χ1n) is 9.98. The van der Waals surface area contributed by atoms with E-state index in [9.17, 15) is 4.79 Å². The largest absolute Gasteiger partial charge is 0.361 e. The quantitative estimate of drug-likeness (QED) is 0.571. The number of pyridine rings is 1. The fourth-order valence-corrected chi connectivity index (χ4v) is 4.36. The molecule has 4 aromatic rings. The molecular weight excluding hydrogens is 364 g/mol. The number of likely N-dealkylation sites (tertiary alicyclic amines) is 1. The second-order valence-corrected chi connectivity index (χ2v) is 7.78. The molecule has 0 spiro atoms. The molecule has 1 aromatic carbocycles. The third kappa shape index (κ3) is 3.32. The summed E-state index contributed by atoms with van der Waals surface area (Å²) in [7, 11) is 0. The third-order valence-corrected chi connectivity index (χ3v) is 5.89. The number of nitrogens with one attached hydrogen (secondary N) is 1. The zero-order valence-electron chi connectivity index (χ0n) is 16.1. The molecule has 1 atom stereocenters. The maximum absolute atomic E-state index is 12.4. The maximum Gasteiger partial charge on any atom is 0.350 e. The minimum atomic E-state index is -0.0802. The van der Waals surface area contributed by atoms with E-state index >= 15 is 0 Å². The smallest absolute Gasteiger partial charge is 0.350 e. The number of benzene rings is 1. The van der Waals surface area contributed by atoms with Gasteiger partial charge in [-0.3, -0.25) is 4.40 Å². The monoisotopic (exact) mass is 386 g/mol. The lowest BCUT2D eigenvalue weighted by Crippen LogP contribution is -2.30. The Bertz CT molecular complexity index is 1270. The van der Waals surface area contributed by atoms with Crippen molar-refractivity contribution in [1.29, 1.82) is 5.26 Å². The molecule has 1 aliphatic heterocycles. The zero-order valence-corrected chi connectivity index (χ0v) is 16.1. The predicted octanol–water partition coefficient (Wildman–Crippen LogP) is 2.41. The molecular formula is C22H22N6O. The highest BCUT2D eigenvalue weighted by molar-refractivity contribution is 5.84. The lowest BCUT2D eigenvalue weighted by molar-refractivity contribution is 0.301. The van der Waals surface area contributed by atoms with Crippen LogP contribution in [-0.4, -0.2) is 43.7 Å². The van der Waals surface area contributed by atoms with E-state index in [1.54, 1.807) is 15.3 Å². The number of aromatic nitrogens is 4. The molecule has 3 aromatic heterocycles. The normalized spacial score (nSPS) is 17.3. The molecule has 0 saturated carbocycles. The minimum Gasteiger partial charge on any atom is -0.361 e. The number of H-pyrrole nitrogens is 1. The van der Waals surface area contributed by atoms with E-state index in [1.165, 1.54) is 5.56 Å². The number of nitriles is 1. The summed E-state index contributed by atoms with van der Waals surface area (Å²) in [6.07, 6.45) is 5.97. The first kappa shape index (κ1) is 17.7. The van der Waals surface area contributed by atoms with Crippen LogP contribution >= 0.6 is 0 Å². The van der Waals surface area contributed by atoms with Gasteiger partial charge in [0, 0.05) is 36.4 Å². The van der Waals surface area contributed by atoms with Gasteiger partial charge in [-0.1, -0.05) is 6.07 Å². The number of nitrogens with zero attached hydrogens (tertiary/aromatic N) is 5. The van der Waals surface area contributed by atoms with Crippen LogP contribution in [0.25, 0.3) is 16.6 Å². The molecule has 0 amide bonds. The van der Waals surface area contributed by atoms with Crippen molar-refractivity contribution in [2.75, 3.05) is 19.6 Å². The summed E-state index contributed by atoms with van der Waals surface area (Å²) in [6, 6.07) is 13.6. The fraction of sp³-hybridized carbons (Fsp3) is 0.318. The number of aromatic amines is 1. The van der Waals surface area contributed by atoms with E-state index < -0.39 is 0 Å². The van der Waals surface area contributed by atoms with Gasteiger partial charge in [0.15, 0.2) is 5.65 Å². The predicted molar refractivity (Wildman–Crippen MR) is 111 cm³/mol. The third-order valence-electron chi connectivity index (χ3n) is 5.89. The Balaban J connectivity index is 1.23. The van der Waals surface area contributed by atoms with E-state index in [4.69, 9.17) is 5.26 Å². The van der Waals surface area contributed by atoms with Gasteiger partial charge >= 0.3 is 5.69 Å². The Morgan fingerprint density at radius 1 is 1.24 bits per heavy atom. The Morgan fingerprint density at radius 2 is 2.17 bits per heavy atom. The molecule has 4 heterocycles. The second kappa shape index (κ2) is 7.22. The van der Waals surface area contributed by atoms with Crippen LogP contribution in [0.3, 0.4) is 0 Å². The van der Waals surface area contributed by atoms with Crippen LogP contribution in [0.1, 0.15) is 17.5 Å². The van der Waals surface area contributed by atoms with Crippen molar-refractivity contribution in [2.24, 2.45) is 5.92 Å². The Labute approximate surface area is 167 Å². The van der Waals surface area contributed by atoms with Gasteiger partial charge < -0.3 is 9.88 Å². The molecule has 1 N–H and O–H groups in total. The van der Waals surface area contributed by atoms with Gasteiger partial charge in [-0.05, 0) is 61.2 Å². The van der Waals surface area contributed by atoms with Crippen LogP contribution in [0, 0.1) is 17.2 Å². The van der Waals surface area contributed by atoms with Crippen molar-refractivity contribution in [1.82, 2.24) is 24.1 Å². The van der Waals surface area contributed by atoms with Crippen LogP contribution in [0.2, 0.25) is 0 Å². The number of fused-ring (bicyclic) bond motifs is 2. The number of rotatable bonds is 5. The molecule has 1 saturated heterocycles. The minimum absolute atomic E-state index is 0.0802. The number of hydrogen-bond donors (Lipinski definition) is 1. The van der Waals surface area contributed by atoms with Gasteiger partial charge in [0.1, 0.15) is 0 Å². The molecule has 0 aliphatic carbocycles. The van der Waals surface area contributed by atoms with E-state index in [0.29, 0.717) is 23.7 Å². The van der Waals surface area contributed by atoms with Crippen molar-refractivity contribution in [3.05, 3.63) is 70.4 Å². The van der Waals surface area contributed by atoms with Gasteiger partial charge in [0.25, 0.3) is 0 Å². The van der Waals surface area contributed by atoms with E-state index in [1.807, 2.05) is 36.4 Å². The molecule has 29 heavy (non-hydrogen) atoms. The van der Waals surface area contributed by atoms with Gasteiger partial charge in [-0.15, -0.1) is 5.10 Å². The molecule has 7 nitrogen and oxygen atoms in total. The standard InChI is InChI=1S/C22H22N6O/c23-13-16-4-5-20-19(12-16)18(14-24-20)11-17-6-8-26(15-17)9-10-28-22(29)27-7-2-1-3-21(27)25-28/h1-5,7,12,14,17,24H,6,8-11,15H2. The summed E-state index contributed by atoms with van der Waals surface area (Å²) in [5.74, 6) is 0.581. The topological polar surface area (TPSA) is 82.1 Å². The summed E-state index contributed by atoms with van der Waals surface area (Å²) in [6.45, 7) is 3.49. The van der Waals surface area contributed by atoms with Gasteiger partial charge in [-0.2, -0.15) is 5.26 Å². The Morgan fingerprint density at radius 3 is 3.03 bits per heavy atom. The van der Waals surface area contributed by atoms with Gasteiger partial charge in [-0.25, -0.2) is 9.48 Å². The maximum atomic E-state index is 12.4. The molecule has 7 heteroatoms. The Kier molecular flexibility index (Phi) is 4.41. The lowest BCUT2D eigenvalue weighted by atomic mass is 9.98. The van der Waals surface area contributed by atoms with Crippen molar-refractivity contribution < 1.29 is 0 Å². The van der Waals surface area contributed by atoms with Crippen molar-refractivity contribution >= 4 is 16.6 Å². The number of hydrogen-bond acceptors (Lipinski definition) is 4. The van der Waals surface area contributed by atoms with Crippen LogP contribution in [0.15, 0.2) is 53.6 Å². The molecule has 0 bridgehead atoms. The highest BCUT2D eigenvalue weighted by Gasteiger charge is 2.23. The highest BCUT2D eigenvalue weighted by Crippen LogP contribution is 2.26. The molecule has 1 unspecified atom stereocenters. The van der Waals surface area contributed by atoms with Crippen LogP contribution in [0.5, 0.6) is 0 Å². The van der Waals surface area contributed by atoms with E-state index in [2.05, 4.69) is 27.2 Å². The van der Waals surface area contributed by atoms with Gasteiger partial charge in [0.2, 0.25) is 0 Å². The van der Waals surface area contributed by atoms with E-state index in [-0.39, 0.29) is 5.69 Å². The summed E-state index contributed by atoms with van der Waals surface area (Å²) < 4.78 is 3.14. The molecule has 0 radical (unpaired) electrons. The van der Waals surface area contributed by atoms with Crippen LogP contribution in [-0.2, 0) is 13.0 Å². The molecule has 1 aliphatic rings. The second-order valence-electron chi connectivity index (χ2n) is 7.78. The van der Waals surface area contributed by atoms with Crippen molar-refractivity contribution in [3.8, 4) is 6.07 Å². The average molecular weight is 386 g/mol. The SMILES string of the molecule is N#Cc1ccc2[nH]cc(CC3CCN(CCn4nc5ccccn5c4=O)C3)c2c1. The molecule has 5 rings (SSSR count). The first-order chi connectivity index (χ1) is 14.2. The van der Waals surface area contributed by atoms with Crippen LogP contribution < -0.4 is 5.69 Å². The first-order valence-corrected chi connectivity index (χ1v) is 9.98. The molecule has 146 valence electrons. The average Bonchev–Trinajstić information content (AvgIpc) is 3.45. The summed E-state index contributed by atoms with van der Waals surface area (Å²) in [5.41, 5.74) is 3.67. The lowest BCUT2D eigenvalue weighted by Gasteiger charge is -2.15. The zero-order chi connectivity index (χ0) is 19.8. The van der Waals surface area contributed by atoms with Gasteiger partial charge in [0.05, 0.1) is 18.2 Å².